The van der Waals surface area contributed by atoms with Crippen LogP contribution in [0, 0.1) is 0 Å². The van der Waals surface area contributed by atoms with E-state index in [9.17, 15) is 14.7 Å². The molecule has 0 saturated carbocycles. The lowest BCUT2D eigenvalue weighted by Crippen LogP contribution is -2.55. The van der Waals surface area contributed by atoms with Crippen molar-refractivity contribution in [2.75, 3.05) is 6.54 Å². The number of amides is 2. The van der Waals surface area contributed by atoms with Gasteiger partial charge in [-0.2, -0.15) is 0 Å². The van der Waals surface area contributed by atoms with Crippen LogP contribution < -0.4 is 5.32 Å². The molecule has 2 amide bonds. The number of fused-ring (bicyclic) bond motifs is 1. The van der Waals surface area contributed by atoms with Crippen LogP contribution in [0.2, 0.25) is 5.02 Å². The van der Waals surface area contributed by atoms with E-state index in [2.05, 4.69) is 5.32 Å². The molecule has 0 aliphatic carbocycles. The highest BCUT2D eigenvalue weighted by atomic mass is 35.5. The predicted molar refractivity (Wildman–Crippen MR) is 115 cm³/mol. The summed E-state index contributed by atoms with van der Waals surface area (Å²) in [5.41, 5.74) is 0.437. The molecule has 4 rings (SSSR count). The maximum atomic E-state index is 13.1. The Bertz CT molecular complexity index is 1070. The lowest BCUT2D eigenvalue weighted by Gasteiger charge is -2.33. The van der Waals surface area contributed by atoms with Gasteiger partial charge in [0.1, 0.15) is 0 Å². The number of nitrogens with zero attached hydrogens (tertiary/aromatic N) is 1. The second-order valence-corrected chi connectivity index (χ2v) is 7.66. The second-order valence-electron chi connectivity index (χ2n) is 7.22. The minimum atomic E-state index is -2.06. The van der Waals surface area contributed by atoms with Gasteiger partial charge in [0.2, 0.25) is 5.72 Å². The SMILES string of the molecule is O=C1c2ccccc2C(O)(C(=O)NCc2ccccc2)N1CCc1ccc(Cl)cc1. The van der Waals surface area contributed by atoms with Gasteiger partial charge in [0.05, 0.1) is 0 Å². The molecule has 3 aromatic carbocycles. The van der Waals surface area contributed by atoms with Crippen LogP contribution in [-0.2, 0) is 23.5 Å². The summed E-state index contributed by atoms with van der Waals surface area (Å²) in [4.78, 5) is 27.4. The zero-order chi connectivity index (χ0) is 21.1. The molecule has 3 aromatic rings. The standard InChI is InChI=1S/C24H21ClN2O3/c25-19-12-10-17(11-13-19)14-15-27-22(28)20-8-4-5-9-21(20)24(27,30)23(29)26-16-18-6-2-1-3-7-18/h1-13,30H,14-16H2,(H,26,29). The van der Waals surface area contributed by atoms with Crippen molar-refractivity contribution < 1.29 is 14.7 Å². The van der Waals surface area contributed by atoms with Gasteiger partial charge in [-0.1, -0.05) is 72.3 Å². The number of hydrogen-bond donors (Lipinski definition) is 2. The predicted octanol–water partition coefficient (Wildman–Crippen LogP) is 3.50. The molecule has 2 N–H and O–H groups in total. The van der Waals surface area contributed by atoms with Crippen LogP contribution in [0.3, 0.4) is 0 Å². The first kappa shape index (κ1) is 20.1. The van der Waals surface area contributed by atoms with Gasteiger partial charge in [-0.05, 0) is 35.7 Å². The molecule has 6 heteroatoms. The van der Waals surface area contributed by atoms with E-state index in [-0.39, 0.29) is 19.0 Å². The van der Waals surface area contributed by atoms with Crippen LogP contribution in [0.15, 0.2) is 78.9 Å². The Labute approximate surface area is 179 Å². The van der Waals surface area contributed by atoms with Gasteiger partial charge in [0.25, 0.3) is 11.8 Å². The number of carbonyl (C=O) groups excluding carboxylic acids is 2. The average Bonchev–Trinajstić information content (AvgIpc) is 3.00. The molecule has 152 valence electrons. The topological polar surface area (TPSA) is 69.6 Å². The number of rotatable bonds is 6. The summed E-state index contributed by atoms with van der Waals surface area (Å²) in [6.45, 7) is 0.438. The van der Waals surface area contributed by atoms with E-state index in [1.54, 1.807) is 36.4 Å². The zero-order valence-corrected chi connectivity index (χ0v) is 17.0. The number of carbonyl (C=O) groups is 2. The normalized spacial score (nSPS) is 17.7. The van der Waals surface area contributed by atoms with E-state index in [1.165, 1.54) is 4.90 Å². The Morgan fingerprint density at radius 1 is 0.933 bits per heavy atom. The third-order valence-electron chi connectivity index (χ3n) is 5.32. The summed E-state index contributed by atoms with van der Waals surface area (Å²) in [6, 6.07) is 23.4. The van der Waals surface area contributed by atoms with Gasteiger partial charge >= 0.3 is 0 Å². The highest BCUT2D eigenvalue weighted by Crippen LogP contribution is 2.37. The highest BCUT2D eigenvalue weighted by Gasteiger charge is 2.53. The molecule has 30 heavy (non-hydrogen) atoms. The monoisotopic (exact) mass is 420 g/mol. The highest BCUT2D eigenvalue weighted by molar-refractivity contribution is 6.30. The van der Waals surface area contributed by atoms with E-state index in [1.807, 2.05) is 42.5 Å². The number of halogens is 1. The van der Waals surface area contributed by atoms with E-state index < -0.39 is 11.6 Å². The van der Waals surface area contributed by atoms with Crippen LogP contribution in [0.4, 0.5) is 0 Å². The van der Waals surface area contributed by atoms with Crippen molar-refractivity contribution >= 4 is 23.4 Å². The molecule has 0 fully saturated rings. The second kappa shape index (κ2) is 8.30. The maximum absolute atomic E-state index is 13.1. The van der Waals surface area contributed by atoms with Crippen molar-refractivity contribution in [3.63, 3.8) is 0 Å². The van der Waals surface area contributed by atoms with Gasteiger partial charge in [0.15, 0.2) is 0 Å². The average molecular weight is 421 g/mol. The Morgan fingerprint density at radius 3 is 2.33 bits per heavy atom. The van der Waals surface area contributed by atoms with Gasteiger partial charge in [-0.15, -0.1) is 0 Å². The molecule has 1 aliphatic heterocycles. The molecule has 0 bridgehead atoms. The Balaban J connectivity index is 1.59. The Morgan fingerprint density at radius 2 is 1.60 bits per heavy atom. The van der Waals surface area contributed by atoms with Crippen LogP contribution in [0.5, 0.6) is 0 Å². The van der Waals surface area contributed by atoms with Crippen molar-refractivity contribution in [1.29, 1.82) is 0 Å². The zero-order valence-electron chi connectivity index (χ0n) is 16.2. The molecular weight excluding hydrogens is 400 g/mol. The number of benzene rings is 3. The molecule has 5 nitrogen and oxygen atoms in total. The lowest BCUT2D eigenvalue weighted by molar-refractivity contribution is -0.158. The molecule has 1 aliphatic rings. The minimum absolute atomic E-state index is 0.185. The fourth-order valence-corrected chi connectivity index (χ4v) is 3.84. The van der Waals surface area contributed by atoms with Crippen molar-refractivity contribution in [2.45, 2.75) is 18.7 Å². The van der Waals surface area contributed by atoms with E-state index >= 15 is 0 Å². The summed E-state index contributed by atoms with van der Waals surface area (Å²) in [5.74, 6) is -0.988. The number of aliphatic hydroxyl groups is 1. The van der Waals surface area contributed by atoms with Crippen molar-refractivity contribution in [3.05, 3.63) is 106 Å². The third kappa shape index (κ3) is 3.70. The fraction of sp³-hybridized carbons (Fsp3) is 0.167. The molecule has 1 unspecified atom stereocenters. The summed E-state index contributed by atoms with van der Waals surface area (Å²) >= 11 is 5.94. The van der Waals surface area contributed by atoms with E-state index in [0.29, 0.717) is 22.6 Å². The number of nitrogens with one attached hydrogen (secondary N) is 1. The summed E-state index contributed by atoms with van der Waals surface area (Å²) in [6.07, 6.45) is 0.477. The van der Waals surface area contributed by atoms with Crippen molar-refractivity contribution in [1.82, 2.24) is 10.2 Å². The maximum Gasteiger partial charge on any atom is 0.278 e. The number of hydrogen-bond acceptors (Lipinski definition) is 3. The molecule has 0 spiro atoms. The van der Waals surface area contributed by atoms with Gasteiger partial charge in [-0.25, -0.2) is 0 Å². The first-order valence-corrected chi connectivity index (χ1v) is 10.1. The fourth-order valence-electron chi connectivity index (χ4n) is 3.71. The molecular formula is C24H21ClN2O3. The molecule has 1 heterocycles. The molecule has 0 radical (unpaired) electrons. The van der Waals surface area contributed by atoms with Crippen LogP contribution in [0.25, 0.3) is 0 Å². The summed E-state index contributed by atoms with van der Waals surface area (Å²) in [5, 5.41) is 14.9. The van der Waals surface area contributed by atoms with Crippen LogP contribution in [-0.4, -0.2) is 28.4 Å². The van der Waals surface area contributed by atoms with Gasteiger partial charge in [-0.3, -0.25) is 14.5 Å². The lowest BCUT2D eigenvalue weighted by atomic mass is 10.00. The van der Waals surface area contributed by atoms with Crippen LogP contribution in [0.1, 0.15) is 27.0 Å². The van der Waals surface area contributed by atoms with E-state index in [4.69, 9.17) is 11.6 Å². The van der Waals surface area contributed by atoms with Crippen LogP contribution >= 0.6 is 11.6 Å². The summed E-state index contributed by atoms with van der Waals surface area (Å²) in [7, 11) is 0. The van der Waals surface area contributed by atoms with Gasteiger partial charge < -0.3 is 10.4 Å². The van der Waals surface area contributed by atoms with Crippen molar-refractivity contribution in [2.24, 2.45) is 0 Å². The molecule has 0 aromatic heterocycles. The minimum Gasteiger partial charge on any atom is -0.359 e. The third-order valence-corrected chi connectivity index (χ3v) is 5.57. The quantitative estimate of drug-likeness (QED) is 0.641. The molecule has 0 saturated heterocycles. The van der Waals surface area contributed by atoms with E-state index in [0.717, 1.165) is 11.1 Å². The smallest absolute Gasteiger partial charge is 0.278 e. The Kier molecular flexibility index (Phi) is 5.57. The van der Waals surface area contributed by atoms with Crippen molar-refractivity contribution in [3.8, 4) is 0 Å². The largest absolute Gasteiger partial charge is 0.359 e. The first-order valence-electron chi connectivity index (χ1n) is 9.70. The summed E-state index contributed by atoms with van der Waals surface area (Å²) < 4.78 is 0. The first-order chi connectivity index (χ1) is 14.5. The molecule has 1 atom stereocenters. The van der Waals surface area contributed by atoms with Gasteiger partial charge in [0, 0.05) is 29.2 Å². The Hall–Kier alpha value is -3.15.